The molecule has 0 amide bonds. The van der Waals surface area contributed by atoms with Gasteiger partial charge in [-0.25, -0.2) is 4.98 Å². The fourth-order valence-corrected chi connectivity index (χ4v) is 3.33. The maximum absolute atomic E-state index is 9.28. The van der Waals surface area contributed by atoms with Crippen LogP contribution in [0, 0.1) is 18.8 Å². The van der Waals surface area contributed by atoms with Crippen molar-refractivity contribution in [1.82, 2.24) is 20.0 Å². The Labute approximate surface area is 163 Å². The van der Waals surface area contributed by atoms with Crippen LogP contribution in [0.2, 0.25) is 0 Å². The molecule has 6 nitrogen and oxygen atoms in total. The van der Waals surface area contributed by atoms with Crippen molar-refractivity contribution < 1.29 is 5.11 Å². The van der Waals surface area contributed by atoms with Gasteiger partial charge in [0.25, 0.3) is 0 Å². The molecule has 0 saturated carbocycles. The van der Waals surface area contributed by atoms with E-state index in [9.17, 15) is 5.11 Å². The lowest BCUT2D eigenvalue weighted by Gasteiger charge is -2.17. The molecular weight excluding hydrogens is 338 g/mol. The minimum atomic E-state index is 0.226. The van der Waals surface area contributed by atoms with E-state index in [4.69, 9.17) is 9.98 Å². The number of guanidine groups is 1. The van der Waals surface area contributed by atoms with Gasteiger partial charge in [-0.15, -0.1) is 0 Å². The Kier molecular flexibility index (Phi) is 8.58. The highest BCUT2D eigenvalue weighted by molar-refractivity contribution is 5.79. The second-order valence-electron chi connectivity index (χ2n) is 7.56. The summed E-state index contributed by atoms with van der Waals surface area (Å²) in [4.78, 5) is 9.45. The van der Waals surface area contributed by atoms with Crippen LogP contribution in [0.5, 0.6) is 0 Å². The van der Waals surface area contributed by atoms with E-state index in [0.717, 1.165) is 56.2 Å². The average Bonchev–Trinajstić information content (AvgIpc) is 3.03. The first kappa shape index (κ1) is 21.2. The van der Waals surface area contributed by atoms with Crippen molar-refractivity contribution in [3.63, 3.8) is 0 Å². The lowest BCUT2D eigenvalue weighted by atomic mass is 9.94. The molecule has 0 aromatic carbocycles. The Morgan fingerprint density at radius 1 is 1.33 bits per heavy atom. The second kappa shape index (κ2) is 10.9. The summed E-state index contributed by atoms with van der Waals surface area (Å²) in [7, 11) is 0. The number of pyridine rings is 1. The van der Waals surface area contributed by atoms with Gasteiger partial charge in [-0.3, -0.25) is 4.99 Å². The lowest BCUT2D eigenvalue weighted by molar-refractivity contribution is 0.245. The molecule has 0 spiro atoms. The topological polar surface area (TPSA) is 74.0 Å². The minimum Gasteiger partial charge on any atom is -0.396 e. The van der Waals surface area contributed by atoms with Gasteiger partial charge in [0, 0.05) is 45.1 Å². The molecule has 0 aliphatic rings. The molecule has 0 radical (unpaired) electrons. The number of fused-ring (bicyclic) bond motifs is 1. The van der Waals surface area contributed by atoms with E-state index in [1.54, 1.807) is 0 Å². The van der Waals surface area contributed by atoms with Gasteiger partial charge >= 0.3 is 0 Å². The monoisotopic (exact) mass is 373 g/mol. The normalized spacial score (nSPS) is 13.3. The summed E-state index contributed by atoms with van der Waals surface area (Å²) in [5.41, 5.74) is 3.28. The van der Waals surface area contributed by atoms with Gasteiger partial charge in [0.05, 0.1) is 5.69 Å². The molecule has 2 aromatic rings. The molecule has 0 aliphatic heterocycles. The fraction of sp³-hybridized carbons (Fsp3) is 0.619. The quantitative estimate of drug-likeness (QED) is 0.442. The SMILES string of the molecule is CCNC(=NCC(CCO)CC(C)C)NCCc1cn2cccc(C)c2n1. The molecule has 27 heavy (non-hydrogen) atoms. The molecule has 0 fully saturated rings. The summed E-state index contributed by atoms with van der Waals surface area (Å²) >= 11 is 0. The first-order chi connectivity index (χ1) is 13.0. The number of nitrogens with one attached hydrogen (secondary N) is 2. The van der Waals surface area contributed by atoms with Crippen LogP contribution in [0.1, 0.15) is 44.9 Å². The van der Waals surface area contributed by atoms with E-state index in [1.165, 1.54) is 5.56 Å². The number of hydrogen-bond acceptors (Lipinski definition) is 3. The van der Waals surface area contributed by atoms with Gasteiger partial charge in [-0.2, -0.15) is 0 Å². The van der Waals surface area contributed by atoms with Crippen molar-refractivity contribution in [3.8, 4) is 0 Å². The number of aliphatic imine (C=N–C) groups is 1. The van der Waals surface area contributed by atoms with Crippen molar-refractivity contribution in [2.24, 2.45) is 16.8 Å². The van der Waals surface area contributed by atoms with E-state index >= 15 is 0 Å². The van der Waals surface area contributed by atoms with Crippen molar-refractivity contribution in [2.75, 3.05) is 26.2 Å². The zero-order chi connectivity index (χ0) is 19.6. The Morgan fingerprint density at radius 2 is 2.15 bits per heavy atom. The first-order valence-electron chi connectivity index (χ1n) is 10.1. The maximum atomic E-state index is 9.28. The van der Waals surface area contributed by atoms with Crippen molar-refractivity contribution in [2.45, 2.75) is 47.0 Å². The van der Waals surface area contributed by atoms with Crippen LogP contribution in [0.4, 0.5) is 0 Å². The molecule has 2 rings (SSSR count). The number of aryl methyl sites for hydroxylation is 1. The third-order valence-corrected chi connectivity index (χ3v) is 4.60. The molecule has 3 N–H and O–H groups in total. The maximum Gasteiger partial charge on any atom is 0.191 e. The molecule has 2 aromatic heterocycles. The predicted molar refractivity (Wildman–Crippen MR) is 112 cm³/mol. The summed E-state index contributed by atoms with van der Waals surface area (Å²) in [6.45, 7) is 11.2. The van der Waals surface area contributed by atoms with Crippen LogP contribution in [-0.4, -0.2) is 46.7 Å². The zero-order valence-electron chi connectivity index (χ0n) is 17.2. The van der Waals surface area contributed by atoms with E-state index in [-0.39, 0.29) is 6.61 Å². The first-order valence-corrected chi connectivity index (χ1v) is 10.1. The largest absolute Gasteiger partial charge is 0.396 e. The molecule has 0 bridgehead atoms. The third-order valence-electron chi connectivity index (χ3n) is 4.60. The second-order valence-corrected chi connectivity index (χ2v) is 7.56. The molecule has 0 saturated heterocycles. The third kappa shape index (κ3) is 6.86. The summed E-state index contributed by atoms with van der Waals surface area (Å²) in [5.74, 6) is 1.88. The lowest BCUT2D eigenvalue weighted by Crippen LogP contribution is -2.38. The van der Waals surface area contributed by atoms with Crippen LogP contribution in [-0.2, 0) is 6.42 Å². The Hall–Kier alpha value is -2.08. The van der Waals surface area contributed by atoms with E-state index in [1.807, 2.05) is 12.3 Å². The number of aromatic nitrogens is 2. The zero-order valence-corrected chi connectivity index (χ0v) is 17.2. The van der Waals surface area contributed by atoms with E-state index in [2.05, 4.69) is 55.0 Å². The summed E-state index contributed by atoms with van der Waals surface area (Å²) in [5, 5.41) is 16.0. The van der Waals surface area contributed by atoms with Crippen molar-refractivity contribution in [3.05, 3.63) is 35.8 Å². The molecular formula is C21H35N5O. The molecule has 1 atom stereocenters. The van der Waals surface area contributed by atoms with E-state index in [0.29, 0.717) is 11.8 Å². The Morgan fingerprint density at radius 3 is 2.81 bits per heavy atom. The summed E-state index contributed by atoms with van der Waals surface area (Å²) in [6.07, 6.45) is 6.87. The van der Waals surface area contributed by atoms with Crippen molar-refractivity contribution >= 4 is 11.6 Å². The van der Waals surface area contributed by atoms with Crippen LogP contribution >= 0.6 is 0 Å². The predicted octanol–water partition coefficient (Wildman–Crippen LogP) is 2.79. The number of aliphatic hydroxyl groups is 1. The van der Waals surface area contributed by atoms with E-state index < -0.39 is 0 Å². The molecule has 6 heteroatoms. The highest BCUT2D eigenvalue weighted by Gasteiger charge is 2.11. The van der Waals surface area contributed by atoms with Crippen LogP contribution < -0.4 is 10.6 Å². The van der Waals surface area contributed by atoms with Gasteiger partial charge in [-0.1, -0.05) is 19.9 Å². The highest BCUT2D eigenvalue weighted by Crippen LogP contribution is 2.15. The van der Waals surface area contributed by atoms with Gasteiger partial charge in [0.2, 0.25) is 0 Å². The molecule has 1 unspecified atom stereocenters. The summed E-state index contributed by atoms with van der Waals surface area (Å²) < 4.78 is 2.08. The fourth-order valence-electron chi connectivity index (χ4n) is 3.33. The van der Waals surface area contributed by atoms with Gasteiger partial charge < -0.3 is 20.1 Å². The van der Waals surface area contributed by atoms with Crippen molar-refractivity contribution in [1.29, 1.82) is 0 Å². The minimum absolute atomic E-state index is 0.226. The Balaban J connectivity index is 1.91. The molecule has 2 heterocycles. The number of rotatable bonds is 10. The smallest absolute Gasteiger partial charge is 0.191 e. The van der Waals surface area contributed by atoms with Crippen LogP contribution in [0.15, 0.2) is 29.5 Å². The molecule has 0 aliphatic carbocycles. The number of imidazole rings is 1. The van der Waals surface area contributed by atoms with Gasteiger partial charge in [0.1, 0.15) is 5.65 Å². The molecule has 150 valence electrons. The summed E-state index contributed by atoms with van der Waals surface area (Å²) in [6, 6.07) is 4.13. The Bertz CT molecular complexity index is 722. The number of nitrogens with zero attached hydrogens (tertiary/aromatic N) is 3. The standard InChI is InChI=1S/C21H35N5O/c1-5-22-21(24-14-18(9-12-27)13-16(2)3)23-10-8-19-15-26-11-6-7-17(4)20(26)25-19/h6-7,11,15-16,18,27H,5,8-10,12-14H2,1-4H3,(H2,22,23,24). The van der Waals surface area contributed by atoms with Crippen LogP contribution in [0.3, 0.4) is 0 Å². The van der Waals surface area contributed by atoms with Gasteiger partial charge in [0.15, 0.2) is 5.96 Å². The average molecular weight is 374 g/mol. The number of hydrogen-bond donors (Lipinski definition) is 3. The van der Waals surface area contributed by atoms with Gasteiger partial charge in [-0.05, 0) is 50.2 Å². The number of aliphatic hydroxyl groups excluding tert-OH is 1. The highest BCUT2D eigenvalue weighted by atomic mass is 16.3. The van der Waals surface area contributed by atoms with Crippen LogP contribution in [0.25, 0.3) is 5.65 Å².